The fourth-order valence-electron chi connectivity index (χ4n) is 2.29. The zero-order valence-corrected chi connectivity index (χ0v) is 11.1. The van der Waals surface area contributed by atoms with Gasteiger partial charge in [-0.3, -0.25) is 4.57 Å². The Kier molecular flexibility index (Phi) is 2.84. The first-order chi connectivity index (χ1) is 10.0. The van der Waals surface area contributed by atoms with Gasteiger partial charge in [0.1, 0.15) is 23.1 Å². The van der Waals surface area contributed by atoms with Gasteiger partial charge >= 0.3 is 0 Å². The fourth-order valence-corrected chi connectivity index (χ4v) is 2.29. The molecule has 4 nitrogen and oxygen atoms in total. The Labute approximate surface area is 119 Å². The van der Waals surface area contributed by atoms with Crippen LogP contribution in [-0.4, -0.2) is 9.55 Å². The number of fused-ring (bicyclic) bond motifs is 1. The van der Waals surface area contributed by atoms with Crippen molar-refractivity contribution in [2.24, 2.45) is 0 Å². The van der Waals surface area contributed by atoms with Gasteiger partial charge in [-0.1, -0.05) is 12.1 Å². The van der Waals surface area contributed by atoms with E-state index in [1.54, 1.807) is 18.2 Å². The largest absolute Gasteiger partial charge is 0.369 e. The topological polar surface area (TPSA) is 67.6 Å². The second-order valence-electron chi connectivity index (χ2n) is 4.62. The quantitative estimate of drug-likeness (QED) is 0.746. The van der Waals surface area contributed by atoms with Crippen LogP contribution in [0.1, 0.15) is 11.1 Å². The van der Waals surface area contributed by atoms with Crippen molar-refractivity contribution in [3.8, 4) is 11.8 Å². The summed E-state index contributed by atoms with van der Waals surface area (Å²) in [7, 11) is 0. The van der Waals surface area contributed by atoms with Crippen LogP contribution in [0.2, 0.25) is 0 Å². The van der Waals surface area contributed by atoms with Crippen molar-refractivity contribution in [2.45, 2.75) is 6.92 Å². The van der Waals surface area contributed by atoms with Crippen LogP contribution in [0.5, 0.6) is 0 Å². The third kappa shape index (κ3) is 1.82. The highest BCUT2D eigenvalue weighted by molar-refractivity contribution is 5.86. The lowest BCUT2D eigenvalue weighted by Crippen LogP contribution is -2.06. The number of nitrogen functional groups attached to an aromatic ring is 1. The van der Waals surface area contributed by atoms with Gasteiger partial charge in [0.15, 0.2) is 5.82 Å². The first kappa shape index (κ1) is 13.1. The molecule has 0 aliphatic carbocycles. The minimum absolute atomic E-state index is 0.0731. The Morgan fingerprint density at radius 3 is 2.71 bits per heavy atom. The second kappa shape index (κ2) is 4.56. The molecule has 3 aromatic rings. The van der Waals surface area contributed by atoms with E-state index in [-0.39, 0.29) is 11.6 Å². The lowest BCUT2D eigenvalue weighted by Gasteiger charge is -2.10. The van der Waals surface area contributed by atoms with Crippen molar-refractivity contribution in [3.63, 3.8) is 0 Å². The van der Waals surface area contributed by atoms with Gasteiger partial charge in [-0.15, -0.1) is 0 Å². The van der Waals surface area contributed by atoms with E-state index < -0.39 is 11.6 Å². The molecular formula is C15H10F2N4. The maximum atomic E-state index is 14.3. The van der Waals surface area contributed by atoms with E-state index in [1.165, 1.54) is 23.6 Å². The molecule has 104 valence electrons. The molecule has 1 heterocycles. The summed E-state index contributed by atoms with van der Waals surface area (Å²) in [4.78, 5) is 4.06. The van der Waals surface area contributed by atoms with Crippen molar-refractivity contribution in [1.82, 2.24) is 9.55 Å². The predicted octanol–water partition coefficient (Wildman–Crippen LogP) is 3.07. The molecule has 3 rings (SSSR count). The van der Waals surface area contributed by atoms with Crippen LogP contribution in [-0.2, 0) is 0 Å². The standard InChI is InChI=1S/C15H10F2N4/c1-8-5-6-10(16)14(12(8)17)21-11-4-2-3-9(7-18)13(11)20-15(21)19/h2-6H,1H3,(H2,19,20). The molecule has 0 saturated carbocycles. The van der Waals surface area contributed by atoms with Gasteiger partial charge in [0.25, 0.3) is 0 Å². The molecule has 2 aromatic carbocycles. The number of halogens is 2. The molecule has 1 aromatic heterocycles. The van der Waals surface area contributed by atoms with Gasteiger partial charge in [0.2, 0.25) is 5.95 Å². The Hall–Kier alpha value is -2.94. The lowest BCUT2D eigenvalue weighted by atomic mass is 10.1. The summed E-state index contributed by atoms with van der Waals surface area (Å²) in [6.07, 6.45) is 0. The minimum Gasteiger partial charge on any atom is -0.369 e. The molecule has 21 heavy (non-hydrogen) atoms. The number of rotatable bonds is 1. The molecule has 6 heteroatoms. The molecule has 0 spiro atoms. The van der Waals surface area contributed by atoms with Crippen molar-refractivity contribution in [2.75, 3.05) is 5.73 Å². The fraction of sp³-hybridized carbons (Fsp3) is 0.0667. The van der Waals surface area contributed by atoms with Gasteiger partial charge in [0.05, 0.1) is 11.1 Å². The number of aromatic nitrogens is 2. The van der Waals surface area contributed by atoms with Crippen LogP contribution in [0.25, 0.3) is 16.7 Å². The molecule has 0 fully saturated rings. The summed E-state index contributed by atoms with van der Waals surface area (Å²) in [5, 5.41) is 9.07. The van der Waals surface area contributed by atoms with Crippen LogP contribution in [0.15, 0.2) is 30.3 Å². The van der Waals surface area contributed by atoms with E-state index in [9.17, 15) is 8.78 Å². The zero-order chi connectivity index (χ0) is 15.1. The average molecular weight is 284 g/mol. The van der Waals surface area contributed by atoms with Crippen molar-refractivity contribution < 1.29 is 8.78 Å². The summed E-state index contributed by atoms with van der Waals surface area (Å²) in [5.74, 6) is -1.52. The number of nitrogens with zero attached hydrogens (tertiary/aromatic N) is 3. The molecule has 0 aliphatic heterocycles. The van der Waals surface area contributed by atoms with E-state index >= 15 is 0 Å². The number of nitrogens with two attached hydrogens (primary N) is 1. The third-order valence-corrected chi connectivity index (χ3v) is 3.32. The third-order valence-electron chi connectivity index (χ3n) is 3.32. The summed E-state index contributed by atoms with van der Waals surface area (Å²) >= 11 is 0. The zero-order valence-electron chi connectivity index (χ0n) is 11.1. The smallest absolute Gasteiger partial charge is 0.206 e. The Bertz CT molecular complexity index is 906. The van der Waals surface area contributed by atoms with E-state index in [4.69, 9.17) is 11.0 Å². The molecule has 0 saturated heterocycles. The van der Waals surface area contributed by atoms with E-state index in [2.05, 4.69) is 4.98 Å². The highest BCUT2D eigenvalue weighted by Gasteiger charge is 2.20. The highest BCUT2D eigenvalue weighted by atomic mass is 19.1. The van der Waals surface area contributed by atoms with E-state index in [0.717, 1.165) is 0 Å². The van der Waals surface area contributed by atoms with E-state index in [0.29, 0.717) is 22.2 Å². The average Bonchev–Trinajstić information content (AvgIpc) is 2.80. The molecular weight excluding hydrogens is 274 g/mol. The Balaban J connectivity index is 2.45. The second-order valence-corrected chi connectivity index (χ2v) is 4.62. The molecule has 0 amide bonds. The SMILES string of the molecule is Cc1ccc(F)c(-n2c(N)nc3c(C#N)cccc32)c1F. The van der Waals surface area contributed by atoms with Crippen molar-refractivity contribution in [3.05, 3.63) is 53.1 Å². The number of aryl methyl sites for hydroxylation is 1. The predicted molar refractivity (Wildman–Crippen MR) is 74.9 cm³/mol. The van der Waals surface area contributed by atoms with Gasteiger partial charge in [-0.05, 0) is 30.7 Å². The van der Waals surface area contributed by atoms with Gasteiger partial charge in [-0.2, -0.15) is 5.26 Å². The molecule has 0 unspecified atom stereocenters. The van der Waals surface area contributed by atoms with Gasteiger partial charge in [-0.25, -0.2) is 13.8 Å². The van der Waals surface area contributed by atoms with Crippen LogP contribution >= 0.6 is 0 Å². The number of imidazole rings is 1. The van der Waals surface area contributed by atoms with Crippen molar-refractivity contribution in [1.29, 1.82) is 5.26 Å². The number of hydrogen-bond donors (Lipinski definition) is 1. The maximum absolute atomic E-state index is 14.3. The Morgan fingerprint density at radius 1 is 1.24 bits per heavy atom. The van der Waals surface area contributed by atoms with Gasteiger partial charge in [0, 0.05) is 0 Å². The number of anilines is 1. The summed E-state index contributed by atoms with van der Waals surface area (Å²) in [6.45, 7) is 1.54. The van der Waals surface area contributed by atoms with Crippen LogP contribution in [0.4, 0.5) is 14.7 Å². The molecule has 0 radical (unpaired) electrons. The summed E-state index contributed by atoms with van der Waals surface area (Å²) < 4.78 is 29.6. The lowest BCUT2D eigenvalue weighted by molar-refractivity contribution is 0.566. The van der Waals surface area contributed by atoms with Gasteiger partial charge < -0.3 is 5.73 Å². The molecule has 0 atom stereocenters. The van der Waals surface area contributed by atoms with Crippen molar-refractivity contribution >= 4 is 17.0 Å². The number of hydrogen-bond acceptors (Lipinski definition) is 3. The highest BCUT2D eigenvalue weighted by Crippen LogP contribution is 2.29. The maximum Gasteiger partial charge on any atom is 0.206 e. The summed E-state index contributed by atoms with van der Waals surface area (Å²) in [6, 6.07) is 9.31. The Morgan fingerprint density at radius 2 is 2.00 bits per heavy atom. The first-order valence-electron chi connectivity index (χ1n) is 6.16. The van der Waals surface area contributed by atoms with E-state index in [1.807, 2.05) is 6.07 Å². The van der Waals surface area contributed by atoms with Crippen LogP contribution in [0, 0.1) is 29.9 Å². The number of para-hydroxylation sites is 1. The van der Waals surface area contributed by atoms with Crippen LogP contribution < -0.4 is 5.73 Å². The first-order valence-corrected chi connectivity index (χ1v) is 6.16. The number of benzene rings is 2. The normalized spacial score (nSPS) is 10.8. The summed E-state index contributed by atoms with van der Waals surface area (Å²) in [5.41, 5.74) is 6.81. The van der Waals surface area contributed by atoms with Crippen LogP contribution in [0.3, 0.4) is 0 Å². The molecule has 0 aliphatic rings. The molecule has 0 bridgehead atoms. The minimum atomic E-state index is -0.744. The monoisotopic (exact) mass is 284 g/mol. The number of nitriles is 1. The molecule has 2 N–H and O–H groups in total.